The summed E-state index contributed by atoms with van der Waals surface area (Å²) in [6.45, 7) is 2.85. The average molecular weight is 260 g/mol. The van der Waals surface area contributed by atoms with Crippen LogP contribution in [-0.4, -0.2) is 15.7 Å². The van der Waals surface area contributed by atoms with Crippen LogP contribution in [0.15, 0.2) is 0 Å². The number of carbonyl (C=O) groups is 3. The van der Waals surface area contributed by atoms with Crippen molar-refractivity contribution in [2.45, 2.75) is 13.8 Å². The zero-order valence-corrected chi connectivity index (χ0v) is 9.86. The zero-order chi connectivity index (χ0) is 11.5. The molecule has 0 aliphatic rings. The van der Waals surface area contributed by atoms with E-state index in [0.717, 1.165) is 0 Å². The molecule has 0 rings (SSSR count). The van der Waals surface area contributed by atoms with Crippen molar-refractivity contribution in [3.05, 3.63) is 0 Å². The van der Waals surface area contributed by atoms with Crippen LogP contribution >= 0.6 is 34.8 Å². The Balaban J connectivity index is 4.86. The first-order valence-electron chi connectivity index (χ1n) is 3.87. The fourth-order valence-electron chi connectivity index (χ4n) is 1.11. The van der Waals surface area contributed by atoms with Gasteiger partial charge in [0, 0.05) is 11.8 Å². The van der Waals surface area contributed by atoms with Gasteiger partial charge in [-0.15, -0.1) is 0 Å². The molecular formula is C8H9Cl3O3. The summed E-state index contributed by atoms with van der Waals surface area (Å²) in [4.78, 5) is 32.6. The normalized spacial score (nSPS) is 16.9. The van der Waals surface area contributed by atoms with Gasteiger partial charge in [0.05, 0.1) is 5.92 Å². The van der Waals surface area contributed by atoms with Gasteiger partial charge < -0.3 is 0 Å². The second kappa shape index (κ2) is 5.69. The van der Waals surface area contributed by atoms with E-state index in [1.807, 2.05) is 0 Å². The van der Waals surface area contributed by atoms with Gasteiger partial charge in [-0.1, -0.05) is 13.8 Å². The van der Waals surface area contributed by atoms with Crippen molar-refractivity contribution in [2.24, 2.45) is 17.8 Å². The van der Waals surface area contributed by atoms with Crippen LogP contribution < -0.4 is 0 Å². The van der Waals surface area contributed by atoms with Crippen molar-refractivity contribution < 1.29 is 14.4 Å². The second-order valence-electron chi connectivity index (χ2n) is 3.02. The molecule has 0 aromatic carbocycles. The molecule has 0 fully saturated rings. The Kier molecular flexibility index (Phi) is 5.64. The highest BCUT2D eigenvalue weighted by atomic mass is 35.5. The third-order valence-corrected chi connectivity index (χ3v) is 3.00. The Morgan fingerprint density at radius 3 is 1.21 bits per heavy atom. The third kappa shape index (κ3) is 3.56. The number of rotatable bonds is 5. The third-order valence-electron chi connectivity index (χ3n) is 2.06. The molecule has 0 bridgehead atoms. The van der Waals surface area contributed by atoms with Crippen LogP contribution in [-0.2, 0) is 14.4 Å². The van der Waals surface area contributed by atoms with Gasteiger partial charge in [0.1, 0.15) is 0 Å². The second-order valence-corrected chi connectivity index (χ2v) is 4.13. The maximum atomic E-state index is 11.0. The molecule has 0 aliphatic heterocycles. The molecule has 2 atom stereocenters. The van der Waals surface area contributed by atoms with E-state index in [0.29, 0.717) is 0 Å². The maximum absolute atomic E-state index is 11.0. The number of hydrogen-bond donors (Lipinski definition) is 0. The Bertz CT molecular complexity index is 245. The lowest BCUT2D eigenvalue weighted by Crippen LogP contribution is -2.31. The summed E-state index contributed by atoms with van der Waals surface area (Å²) in [6, 6.07) is 0. The van der Waals surface area contributed by atoms with E-state index in [1.54, 1.807) is 0 Å². The van der Waals surface area contributed by atoms with Gasteiger partial charge >= 0.3 is 0 Å². The number of halogens is 3. The molecular weight excluding hydrogens is 250 g/mol. The molecule has 14 heavy (non-hydrogen) atoms. The fraction of sp³-hybridized carbons (Fsp3) is 0.625. The van der Waals surface area contributed by atoms with E-state index in [4.69, 9.17) is 34.8 Å². The smallest absolute Gasteiger partial charge is 0.226 e. The quantitative estimate of drug-likeness (QED) is 0.711. The van der Waals surface area contributed by atoms with Crippen LogP contribution in [0.1, 0.15) is 13.8 Å². The molecule has 80 valence electrons. The van der Waals surface area contributed by atoms with Crippen molar-refractivity contribution in [1.82, 2.24) is 0 Å². The topological polar surface area (TPSA) is 51.2 Å². The highest BCUT2D eigenvalue weighted by molar-refractivity contribution is 6.68. The lowest BCUT2D eigenvalue weighted by atomic mass is 9.86. The highest BCUT2D eigenvalue weighted by Crippen LogP contribution is 2.27. The van der Waals surface area contributed by atoms with Crippen LogP contribution in [0.3, 0.4) is 0 Å². The Hall–Kier alpha value is -0.120. The fourth-order valence-corrected chi connectivity index (χ4v) is 1.76. The lowest BCUT2D eigenvalue weighted by Gasteiger charge is -2.20. The first kappa shape index (κ1) is 13.9. The van der Waals surface area contributed by atoms with E-state index in [1.165, 1.54) is 13.8 Å². The maximum Gasteiger partial charge on any atom is 0.226 e. The molecule has 3 nitrogen and oxygen atoms in total. The van der Waals surface area contributed by atoms with Gasteiger partial charge in [-0.3, -0.25) is 14.4 Å². The van der Waals surface area contributed by atoms with Gasteiger partial charge in [0.2, 0.25) is 15.7 Å². The minimum Gasteiger partial charge on any atom is -0.281 e. The molecule has 2 unspecified atom stereocenters. The Labute approximate surface area is 96.7 Å². The molecule has 0 saturated carbocycles. The minimum atomic E-state index is -0.966. The summed E-state index contributed by atoms with van der Waals surface area (Å²) >= 11 is 15.7. The first-order chi connectivity index (χ1) is 6.29. The largest absolute Gasteiger partial charge is 0.281 e. The summed E-state index contributed by atoms with van der Waals surface area (Å²) in [5, 5.41) is -2.21. The highest BCUT2D eigenvalue weighted by Gasteiger charge is 2.35. The summed E-state index contributed by atoms with van der Waals surface area (Å²) in [5.41, 5.74) is 0. The predicted octanol–water partition coefficient (Wildman–Crippen LogP) is 2.17. The Morgan fingerprint density at radius 1 is 0.786 bits per heavy atom. The Morgan fingerprint density at radius 2 is 1.07 bits per heavy atom. The molecule has 6 heteroatoms. The van der Waals surface area contributed by atoms with E-state index >= 15 is 0 Å². The molecule has 0 spiro atoms. The van der Waals surface area contributed by atoms with Crippen molar-refractivity contribution >= 4 is 50.5 Å². The van der Waals surface area contributed by atoms with Crippen LogP contribution in [0.2, 0.25) is 0 Å². The van der Waals surface area contributed by atoms with Gasteiger partial charge in [0.15, 0.2) is 0 Å². The first-order valence-corrected chi connectivity index (χ1v) is 5.00. The van der Waals surface area contributed by atoms with Gasteiger partial charge in [-0.2, -0.15) is 0 Å². The van der Waals surface area contributed by atoms with Gasteiger partial charge in [0.25, 0.3) is 0 Å². The lowest BCUT2D eigenvalue weighted by molar-refractivity contribution is -0.128. The SMILES string of the molecule is CC(C(=O)Cl)C(C(=O)Cl)C(C)C(=O)Cl. The molecule has 0 aromatic heterocycles. The predicted molar refractivity (Wildman–Crippen MR) is 54.4 cm³/mol. The van der Waals surface area contributed by atoms with E-state index in [-0.39, 0.29) is 0 Å². The van der Waals surface area contributed by atoms with Crippen LogP contribution in [0, 0.1) is 17.8 Å². The van der Waals surface area contributed by atoms with Crippen LogP contribution in [0.4, 0.5) is 0 Å². The molecule has 0 amide bonds. The monoisotopic (exact) mass is 258 g/mol. The van der Waals surface area contributed by atoms with Crippen molar-refractivity contribution in [1.29, 1.82) is 0 Å². The molecule has 0 aromatic rings. The van der Waals surface area contributed by atoms with E-state index < -0.39 is 33.5 Å². The molecule has 0 radical (unpaired) electrons. The number of hydrogen-bond acceptors (Lipinski definition) is 3. The number of carbonyl (C=O) groups excluding carboxylic acids is 3. The molecule has 0 heterocycles. The molecule has 0 N–H and O–H groups in total. The van der Waals surface area contributed by atoms with E-state index in [2.05, 4.69) is 0 Å². The summed E-state index contributed by atoms with van der Waals surface area (Å²) in [5.74, 6) is -2.61. The minimum absolute atomic E-state index is 0.714. The summed E-state index contributed by atoms with van der Waals surface area (Å²) in [6.07, 6.45) is 0. The zero-order valence-electron chi connectivity index (χ0n) is 7.59. The van der Waals surface area contributed by atoms with Gasteiger partial charge in [-0.25, -0.2) is 0 Å². The average Bonchev–Trinajstić information content (AvgIpc) is 2.03. The van der Waals surface area contributed by atoms with Crippen LogP contribution in [0.25, 0.3) is 0 Å². The molecule has 0 aliphatic carbocycles. The van der Waals surface area contributed by atoms with E-state index in [9.17, 15) is 14.4 Å². The van der Waals surface area contributed by atoms with Crippen molar-refractivity contribution in [2.75, 3.05) is 0 Å². The van der Waals surface area contributed by atoms with Crippen molar-refractivity contribution in [3.63, 3.8) is 0 Å². The van der Waals surface area contributed by atoms with Crippen molar-refractivity contribution in [3.8, 4) is 0 Å². The molecule has 0 saturated heterocycles. The van der Waals surface area contributed by atoms with Crippen LogP contribution in [0.5, 0.6) is 0 Å². The standard InChI is InChI=1S/C8H9Cl3O3/c1-3(6(9)12)5(8(11)14)4(2)7(10)13/h3-5H,1-2H3. The van der Waals surface area contributed by atoms with Gasteiger partial charge in [-0.05, 0) is 34.8 Å². The summed E-state index contributed by atoms with van der Waals surface area (Å²) < 4.78 is 0. The summed E-state index contributed by atoms with van der Waals surface area (Å²) in [7, 11) is 0.